The normalized spacial score (nSPS) is 21.9. The fraction of sp³-hybridized carbons (Fsp3) is 0.600. The maximum atomic E-state index is 13.3. The van der Waals surface area contributed by atoms with Gasteiger partial charge in [-0.05, 0) is 37.3 Å². The van der Waals surface area contributed by atoms with Crippen LogP contribution < -0.4 is 5.32 Å². The van der Waals surface area contributed by atoms with Gasteiger partial charge in [0.15, 0.2) is 0 Å². The molecular formula is C20H30N2O2S. The van der Waals surface area contributed by atoms with Crippen LogP contribution in [0.4, 0.5) is 0 Å². The number of hydrogen-bond donors (Lipinski definition) is 1. The smallest absolute Gasteiger partial charge is 0.255 e. The Kier molecular flexibility index (Phi) is 6.20. The van der Waals surface area contributed by atoms with Crippen molar-refractivity contribution in [3.05, 3.63) is 35.4 Å². The minimum atomic E-state index is -0.421. The maximum Gasteiger partial charge on any atom is 0.255 e. The molecule has 1 aromatic carbocycles. The Balaban J connectivity index is 2.36. The molecule has 0 saturated carbocycles. The number of rotatable bonds is 4. The highest BCUT2D eigenvalue weighted by Gasteiger charge is 2.46. The number of aryl methyl sites for hydroxylation is 1. The first-order valence-electron chi connectivity index (χ1n) is 8.97. The molecule has 1 aliphatic rings. The van der Waals surface area contributed by atoms with E-state index in [0.717, 1.165) is 12.0 Å². The predicted molar refractivity (Wildman–Crippen MR) is 105 cm³/mol. The Morgan fingerprint density at radius 3 is 2.52 bits per heavy atom. The first-order chi connectivity index (χ1) is 11.7. The van der Waals surface area contributed by atoms with Crippen LogP contribution in [0, 0.1) is 12.3 Å². The summed E-state index contributed by atoms with van der Waals surface area (Å²) >= 11 is 1.70. The minimum absolute atomic E-state index is 0.0210. The second-order valence-electron chi connectivity index (χ2n) is 7.91. The standard InChI is InChI=1S/C20H30N2O2S/c1-7-14(3)21-17(23)16-12-25-19(20(4,5)6)22(16)18(24)15-11-9-8-10-13(15)2/h8-11,14,16,19H,7,12H2,1-6H3,(H,21,23)/t14-,16-,19+/m0/s1. The molecule has 4 nitrogen and oxygen atoms in total. The third kappa shape index (κ3) is 4.38. The summed E-state index contributed by atoms with van der Waals surface area (Å²) in [6.45, 7) is 12.3. The summed E-state index contributed by atoms with van der Waals surface area (Å²) < 4.78 is 0. The average molecular weight is 363 g/mol. The number of carbonyl (C=O) groups excluding carboxylic acids is 2. The molecule has 0 spiro atoms. The maximum absolute atomic E-state index is 13.3. The predicted octanol–water partition coefficient (Wildman–Crippen LogP) is 3.84. The third-order valence-electron chi connectivity index (χ3n) is 4.65. The number of amides is 2. The highest BCUT2D eigenvalue weighted by molar-refractivity contribution is 8.00. The van der Waals surface area contributed by atoms with Crippen molar-refractivity contribution in [3.8, 4) is 0 Å². The van der Waals surface area contributed by atoms with Gasteiger partial charge in [-0.3, -0.25) is 9.59 Å². The molecule has 0 aromatic heterocycles. The lowest BCUT2D eigenvalue weighted by Crippen LogP contribution is -2.53. The van der Waals surface area contributed by atoms with E-state index < -0.39 is 6.04 Å². The van der Waals surface area contributed by atoms with Crippen LogP contribution in [-0.2, 0) is 4.79 Å². The number of carbonyl (C=O) groups is 2. The van der Waals surface area contributed by atoms with E-state index in [1.807, 2.05) is 49.9 Å². The van der Waals surface area contributed by atoms with E-state index in [0.29, 0.717) is 11.3 Å². The van der Waals surface area contributed by atoms with Crippen LogP contribution in [0.3, 0.4) is 0 Å². The van der Waals surface area contributed by atoms with Crippen LogP contribution in [0.25, 0.3) is 0 Å². The van der Waals surface area contributed by atoms with Gasteiger partial charge in [0.1, 0.15) is 6.04 Å². The van der Waals surface area contributed by atoms with Crippen molar-refractivity contribution in [2.75, 3.05) is 5.75 Å². The fourth-order valence-electron chi connectivity index (χ4n) is 3.02. The monoisotopic (exact) mass is 362 g/mol. The van der Waals surface area contributed by atoms with E-state index in [2.05, 4.69) is 26.1 Å². The van der Waals surface area contributed by atoms with Crippen LogP contribution >= 0.6 is 11.8 Å². The van der Waals surface area contributed by atoms with E-state index >= 15 is 0 Å². The molecular weight excluding hydrogens is 332 g/mol. The molecule has 1 N–H and O–H groups in total. The zero-order valence-electron chi connectivity index (χ0n) is 16.1. The number of thioether (sulfide) groups is 1. The van der Waals surface area contributed by atoms with Crippen molar-refractivity contribution >= 4 is 23.6 Å². The molecule has 1 fully saturated rings. The van der Waals surface area contributed by atoms with Gasteiger partial charge in [0, 0.05) is 17.4 Å². The lowest BCUT2D eigenvalue weighted by molar-refractivity contribution is -0.125. The quantitative estimate of drug-likeness (QED) is 0.885. The third-order valence-corrected chi connectivity index (χ3v) is 6.41. The summed E-state index contributed by atoms with van der Waals surface area (Å²) in [4.78, 5) is 27.9. The molecule has 0 aliphatic carbocycles. The molecule has 1 saturated heterocycles. The first-order valence-corrected chi connectivity index (χ1v) is 10.0. The number of benzene rings is 1. The lowest BCUT2D eigenvalue weighted by atomic mass is 9.94. The molecule has 3 atom stereocenters. The molecule has 1 heterocycles. The summed E-state index contributed by atoms with van der Waals surface area (Å²) in [5.74, 6) is 0.546. The number of nitrogens with zero attached hydrogens (tertiary/aromatic N) is 1. The average Bonchev–Trinajstić information content (AvgIpc) is 2.99. The van der Waals surface area contributed by atoms with Crippen LogP contribution in [0.1, 0.15) is 57.0 Å². The molecule has 5 heteroatoms. The van der Waals surface area contributed by atoms with E-state index in [-0.39, 0.29) is 28.6 Å². The Morgan fingerprint density at radius 2 is 1.96 bits per heavy atom. The van der Waals surface area contributed by atoms with Gasteiger partial charge in [-0.25, -0.2) is 0 Å². The van der Waals surface area contributed by atoms with Gasteiger partial charge in [-0.15, -0.1) is 11.8 Å². The molecule has 0 radical (unpaired) electrons. The highest BCUT2D eigenvalue weighted by Crippen LogP contribution is 2.41. The molecule has 2 rings (SSSR count). The van der Waals surface area contributed by atoms with Crippen molar-refractivity contribution in [1.29, 1.82) is 0 Å². The van der Waals surface area contributed by atoms with Crippen LogP contribution in [0.5, 0.6) is 0 Å². The van der Waals surface area contributed by atoms with Crippen molar-refractivity contribution in [1.82, 2.24) is 10.2 Å². The molecule has 0 bridgehead atoms. The molecule has 138 valence electrons. The van der Waals surface area contributed by atoms with Crippen molar-refractivity contribution < 1.29 is 9.59 Å². The Labute approximate surface area is 155 Å². The van der Waals surface area contributed by atoms with Gasteiger partial charge >= 0.3 is 0 Å². The summed E-state index contributed by atoms with van der Waals surface area (Å²) in [6.07, 6.45) is 0.875. The van der Waals surface area contributed by atoms with Crippen LogP contribution in [0.2, 0.25) is 0 Å². The van der Waals surface area contributed by atoms with Gasteiger partial charge in [0.25, 0.3) is 5.91 Å². The molecule has 1 aromatic rings. The minimum Gasteiger partial charge on any atom is -0.352 e. The second-order valence-corrected chi connectivity index (χ2v) is 9.03. The second kappa shape index (κ2) is 7.81. The topological polar surface area (TPSA) is 49.4 Å². The van der Waals surface area contributed by atoms with Gasteiger partial charge in [0.2, 0.25) is 5.91 Å². The van der Waals surface area contributed by atoms with E-state index in [4.69, 9.17) is 0 Å². The van der Waals surface area contributed by atoms with Gasteiger partial charge in [0.05, 0.1) is 5.37 Å². The fourth-order valence-corrected chi connectivity index (χ4v) is 4.60. The Bertz CT molecular complexity index is 639. The highest BCUT2D eigenvalue weighted by atomic mass is 32.2. The van der Waals surface area contributed by atoms with E-state index in [1.54, 1.807) is 11.8 Å². The molecule has 2 amide bonds. The van der Waals surface area contributed by atoms with Crippen LogP contribution in [0.15, 0.2) is 24.3 Å². The van der Waals surface area contributed by atoms with Gasteiger partial charge < -0.3 is 10.2 Å². The van der Waals surface area contributed by atoms with Gasteiger partial charge in [-0.1, -0.05) is 45.9 Å². The van der Waals surface area contributed by atoms with Gasteiger partial charge in [-0.2, -0.15) is 0 Å². The molecule has 0 unspecified atom stereocenters. The molecule has 1 aliphatic heterocycles. The SMILES string of the molecule is CC[C@H](C)NC(=O)[C@@H]1CS[C@H](C(C)(C)C)N1C(=O)c1ccccc1C. The lowest BCUT2D eigenvalue weighted by Gasteiger charge is -2.37. The summed E-state index contributed by atoms with van der Waals surface area (Å²) in [7, 11) is 0. The van der Waals surface area contributed by atoms with Crippen LogP contribution in [-0.4, -0.2) is 39.9 Å². The first kappa shape index (κ1) is 19.8. The zero-order valence-corrected chi connectivity index (χ0v) is 16.9. The van der Waals surface area contributed by atoms with E-state index in [9.17, 15) is 9.59 Å². The van der Waals surface area contributed by atoms with Crippen molar-refractivity contribution in [2.45, 2.75) is 65.4 Å². The summed E-state index contributed by atoms with van der Waals surface area (Å²) in [6, 6.07) is 7.29. The van der Waals surface area contributed by atoms with Crippen molar-refractivity contribution in [3.63, 3.8) is 0 Å². The Hall–Kier alpha value is -1.49. The largest absolute Gasteiger partial charge is 0.352 e. The summed E-state index contributed by atoms with van der Waals surface area (Å²) in [5.41, 5.74) is 1.52. The molecule has 25 heavy (non-hydrogen) atoms. The van der Waals surface area contributed by atoms with E-state index in [1.165, 1.54) is 0 Å². The Morgan fingerprint density at radius 1 is 1.32 bits per heavy atom. The zero-order chi connectivity index (χ0) is 18.8. The summed E-state index contributed by atoms with van der Waals surface area (Å²) in [5, 5.41) is 3.03. The van der Waals surface area contributed by atoms with Crippen molar-refractivity contribution in [2.24, 2.45) is 5.41 Å². The number of hydrogen-bond acceptors (Lipinski definition) is 3. The number of nitrogens with one attached hydrogen (secondary N) is 1.